The van der Waals surface area contributed by atoms with Crippen LogP contribution < -0.4 is 15.2 Å². The highest BCUT2D eigenvalue weighted by Gasteiger charge is 2.15. The molecule has 4 rings (SSSR count). The van der Waals surface area contributed by atoms with Crippen molar-refractivity contribution in [2.75, 3.05) is 14.2 Å². The minimum atomic E-state index is -0.428. The van der Waals surface area contributed by atoms with Gasteiger partial charge in [-0.15, -0.1) is 11.3 Å². The highest BCUT2D eigenvalue weighted by molar-refractivity contribution is 7.13. The summed E-state index contributed by atoms with van der Waals surface area (Å²) < 4.78 is 22.9. The van der Waals surface area contributed by atoms with Gasteiger partial charge in [-0.25, -0.2) is 9.78 Å². The maximum Gasteiger partial charge on any atom is 0.419 e. The molecule has 0 saturated heterocycles. The lowest BCUT2D eigenvalue weighted by atomic mass is 10.2. The molecule has 0 fully saturated rings. The summed E-state index contributed by atoms with van der Waals surface area (Å²) in [5, 5.41) is 2.59. The van der Waals surface area contributed by atoms with Gasteiger partial charge in [0.1, 0.15) is 11.6 Å². The van der Waals surface area contributed by atoms with E-state index in [1.54, 1.807) is 26.4 Å². The van der Waals surface area contributed by atoms with Gasteiger partial charge in [0.2, 0.25) is 0 Å². The lowest BCUT2D eigenvalue weighted by molar-refractivity contribution is -0.145. The fraction of sp³-hybridized carbons (Fsp3) is 0.261. The first-order chi connectivity index (χ1) is 15.6. The second-order valence-electron chi connectivity index (χ2n) is 6.94. The average molecular weight is 455 g/mol. The van der Waals surface area contributed by atoms with Crippen molar-refractivity contribution in [1.29, 1.82) is 0 Å². The molecule has 0 N–H and O–H groups in total. The van der Waals surface area contributed by atoms with Crippen molar-refractivity contribution < 1.29 is 23.4 Å². The molecule has 0 aliphatic rings. The van der Waals surface area contributed by atoms with E-state index in [0.29, 0.717) is 41.3 Å². The van der Waals surface area contributed by atoms with Gasteiger partial charge in [-0.2, -0.15) is 0 Å². The Kier molecular flexibility index (Phi) is 6.55. The number of thiazole rings is 1. The van der Waals surface area contributed by atoms with E-state index in [1.165, 1.54) is 15.9 Å². The van der Waals surface area contributed by atoms with Crippen LogP contribution in [0, 0.1) is 0 Å². The lowest BCUT2D eigenvalue weighted by Gasteiger charge is -2.10. The van der Waals surface area contributed by atoms with Crippen molar-refractivity contribution >= 4 is 28.4 Å². The standard InChI is InChI=1S/C23H22N2O6S/c1-28-19-10-5-7-16(21(19)29-2)22-24-15(14-32-22)13-30-20(26)11-6-12-25-17-8-3-4-9-18(17)31-23(25)27/h3-5,7-10,14H,6,11-13H2,1-2H3. The third kappa shape index (κ3) is 4.52. The van der Waals surface area contributed by atoms with E-state index in [-0.39, 0.29) is 19.0 Å². The van der Waals surface area contributed by atoms with Gasteiger partial charge in [-0.1, -0.05) is 18.2 Å². The molecule has 32 heavy (non-hydrogen) atoms. The van der Waals surface area contributed by atoms with Crippen LogP contribution in [-0.2, 0) is 22.7 Å². The number of nitrogens with zero attached hydrogens (tertiary/aromatic N) is 2. The number of esters is 1. The van der Waals surface area contributed by atoms with E-state index in [0.717, 1.165) is 10.6 Å². The van der Waals surface area contributed by atoms with E-state index in [9.17, 15) is 9.59 Å². The monoisotopic (exact) mass is 454 g/mol. The second-order valence-corrected chi connectivity index (χ2v) is 7.79. The maximum atomic E-state index is 12.2. The Morgan fingerprint density at radius 3 is 2.78 bits per heavy atom. The molecule has 166 valence electrons. The third-order valence-electron chi connectivity index (χ3n) is 4.90. The number of hydrogen-bond acceptors (Lipinski definition) is 8. The van der Waals surface area contributed by atoms with Crippen molar-refractivity contribution in [1.82, 2.24) is 9.55 Å². The summed E-state index contributed by atoms with van der Waals surface area (Å²) in [6, 6.07) is 12.8. The van der Waals surface area contributed by atoms with Gasteiger partial charge in [-0.05, 0) is 30.7 Å². The molecule has 0 aliphatic heterocycles. The molecule has 0 amide bonds. The number of aryl methyl sites for hydroxylation is 1. The Morgan fingerprint density at radius 2 is 1.97 bits per heavy atom. The van der Waals surface area contributed by atoms with Crippen molar-refractivity contribution in [2.45, 2.75) is 26.0 Å². The molecule has 2 aromatic heterocycles. The molecular weight excluding hydrogens is 432 g/mol. The molecule has 0 aliphatic carbocycles. The Morgan fingerprint density at radius 1 is 1.12 bits per heavy atom. The normalized spacial score (nSPS) is 10.9. The Labute approximate surface area is 188 Å². The molecule has 2 heterocycles. The van der Waals surface area contributed by atoms with Crippen LogP contribution in [0.1, 0.15) is 18.5 Å². The Bertz CT molecular complexity index is 1290. The fourth-order valence-corrected chi connectivity index (χ4v) is 4.21. The minimum Gasteiger partial charge on any atom is -0.493 e. The topological polar surface area (TPSA) is 92.8 Å². The molecule has 0 atom stereocenters. The summed E-state index contributed by atoms with van der Waals surface area (Å²) >= 11 is 1.44. The molecule has 2 aromatic carbocycles. The number of carbonyl (C=O) groups is 1. The molecular formula is C23H22N2O6S. The van der Waals surface area contributed by atoms with Gasteiger partial charge in [0.15, 0.2) is 17.1 Å². The lowest BCUT2D eigenvalue weighted by Crippen LogP contribution is -2.15. The molecule has 0 saturated carbocycles. The zero-order valence-corrected chi connectivity index (χ0v) is 18.5. The summed E-state index contributed by atoms with van der Waals surface area (Å²) in [4.78, 5) is 28.7. The summed E-state index contributed by atoms with van der Waals surface area (Å²) in [5.74, 6) is 0.453. The summed E-state index contributed by atoms with van der Waals surface area (Å²) in [6.45, 7) is 0.456. The highest BCUT2D eigenvalue weighted by Crippen LogP contribution is 2.39. The number of aromatic nitrogens is 2. The number of para-hydroxylation sites is 3. The number of oxazole rings is 1. The summed E-state index contributed by atoms with van der Waals surface area (Å²) in [6.07, 6.45) is 0.651. The zero-order chi connectivity index (χ0) is 22.5. The summed E-state index contributed by atoms with van der Waals surface area (Å²) in [5.41, 5.74) is 2.72. The third-order valence-corrected chi connectivity index (χ3v) is 5.83. The van der Waals surface area contributed by atoms with Crippen molar-refractivity contribution in [3.05, 3.63) is 64.1 Å². The number of benzene rings is 2. The van der Waals surface area contributed by atoms with Crippen molar-refractivity contribution in [3.8, 4) is 22.1 Å². The number of rotatable bonds is 9. The molecule has 0 radical (unpaired) electrons. The van der Waals surface area contributed by atoms with Gasteiger partial charge < -0.3 is 18.6 Å². The van der Waals surface area contributed by atoms with E-state index >= 15 is 0 Å². The predicted molar refractivity (Wildman–Crippen MR) is 120 cm³/mol. The van der Waals surface area contributed by atoms with Crippen molar-refractivity contribution in [3.63, 3.8) is 0 Å². The number of ether oxygens (including phenoxy) is 3. The van der Waals surface area contributed by atoms with Gasteiger partial charge in [0.25, 0.3) is 0 Å². The van der Waals surface area contributed by atoms with Crippen LogP contribution in [-0.4, -0.2) is 29.7 Å². The molecule has 4 aromatic rings. The Hall–Kier alpha value is -3.59. The molecule has 8 nitrogen and oxygen atoms in total. The quantitative estimate of drug-likeness (QED) is 0.349. The SMILES string of the molecule is COc1cccc(-c2nc(COC(=O)CCCn3c(=O)oc4ccccc43)cs2)c1OC. The van der Waals surface area contributed by atoms with Crippen LogP contribution in [0.25, 0.3) is 21.7 Å². The van der Waals surface area contributed by atoms with E-state index < -0.39 is 5.76 Å². The molecule has 0 spiro atoms. The van der Waals surface area contributed by atoms with Crippen LogP contribution in [0.2, 0.25) is 0 Å². The zero-order valence-electron chi connectivity index (χ0n) is 17.7. The van der Waals surface area contributed by atoms with Gasteiger partial charge >= 0.3 is 11.7 Å². The predicted octanol–water partition coefficient (Wildman–Crippen LogP) is 4.26. The van der Waals surface area contributed by atoms with Gasteiger partial charge in [0.05, 0.1) is 31.0 Å². The maximum absolute atomic E-state index is 12.2. The minimum absolute atomic E-state index is 0.0796. The average Bonchev–Trinajstić information content (AvgIpc) is 3.41. The van der Waals surface area contributed by atoms with Crippen LogP contribution >= 0.6 is 11.3 Å². The largest absolute Gasteiger partial charge is 0.493 e. The number of hydrogen-bond donors (Lipinski definition) is 0. The molecule has 9 heteroatoms. The molecule has 0 bridgehead atoms. The second kappa shape index (κ2) is 9.69. The smallest absolute Gasteiger partial charge is 0.419 e. The van der Waals surface area contributed by atoms with Crippen LogP contribution in [0.3, 0.4) is 0 Å². The van der Waals surface area contributed by atoms with Gasteiger partial charge in [-0.3, -0.25) is 9.36 Å². The number of fused-ring (bicyclic) bond motifs is 1. The van der Waals surface area contributed by atoms with E-state index in [2.05, 4.69) is 4.98 Å². The van der Waals surface area contributed by atoms with Crippen LogP contribution in [0.5, 0.6) is 11.5 Å². The van der Waals surface area contributed by atoms with Crippen molar-refractivity contribution in [2.24, 2.45) is 0 Å². The fourth-order valence-electron chi connectivity index (χ4n) is 3.39. The van der Waals surface area contributed by atoms with Crippen LogP contribution in [0.4, 0.5) is 0 Å². The van der Waals surface area contributed by atoms with E-state index in [4.69, 9.17) is 18.6 Å². The summed E-state index contributed by atoms with van der Waals surface area (Å²) in [7, 11) is 3.16. The van der Waals surface area contributed by atoms with Gasteiger partial charge in [0, 0.05) is 18.3 Å². The number of methoxy groups -OCH3 is 2. The van der Waals surface area contributed by atoms with Crippen LogP contribution in [0.15, 0.2) is 57.1 Å². The first kappa shape index (κ1) is 21.6. The Balaban J connectivity index is 1.32. The van der Waals surface area contributed by atoms with E-state index in [1.807, 2.05) is 35.7 Å². The first-order valence-electron chi connectivity index (χ1n) is 10.0. The highest BCUT2D eigenvalue weighted by atomic mass is 32.1. The number of carbonyl (C=O) groups excluding carboxylic acids is 1. The first-order valence-corrected chi connectivity index (χ1v) is 10.9. The molecule has 0 unspecified atom stereocenters.